The van der Waals surface area contributed by atoms with Crippen LogP contribution in [0.25, 0.3) is 6.08 Å². The van der Waals surface area contributed by atoms with Crippen molar-refractivity contribution in [3.8, 4) is 0 Å². The van der Waals surface area contributed by atoms with Crippen LogP contribution in [0.1, 0.15) is 22.2 Å². The molecule has 1 aliphatic rings. The molecule has 3 rings (SSSR count). The van der Waals surface area contributed by atoms with Gasteiger partial charge in [-0.15, -0.1) is 11.3 Å². The summed E-state index contributed by atoms with van der Waals surface area (Å²) in [6.07, 6.45) is 2.56. The molecule has 1 fully saturated rings. The number of likely N-dealkylation sites (N-methyl/N-ethyl adjacent to an activating group) is 1. The first-order chi connectivity index (χ1) is 11.9. The molecule has 0 unspecified atom stereocenters. The van der Waals surface area contributed by atoms with Crippen molar-refractivity contribution in [2.24, 2.45) is 0 Å². The number of hydrogen-bond acceptors (Lipinski definition) is 4. The minimum atomic E-state index is -0.386. The molecule has 2 aromatic rings. The maximum absolute atomic E-state index is 13.0. The van der Waals surface area contributed by atoms with Crippen LogP contribution in [0.5, 0.6) is 0 Å². The van der Waals surface area contributed by atoms with E-state index in [1.807, 2.05) is 43.3 Å². The highest BCUT2D eigenvalue weighted by Gasteiger charge is 2.38. The second-order valence-corrected chi connectivity index (χ2v) is 7.50. The van der Waals surface area contributed by atoms with Crippen LogP contribution in [0.4, 0.5) is 5.69 Å². The lowest BCUT2D eigenvalue weighted by molar-refractivity contribution is -0.127. The van der Waals surface area contributed by atoms with Crippen molar-refractivity contribution >= 4 is 52.2 Å². The van der Waals surface area contributed by atoms with Gasteiger partial charge in [0.2, 0.25) is 0 Å². The predicted molar refractivity (Wildman–Crippen MR) is 106 cm³/mol. The number of amides is 2. The topological polar surface area (TPSA) is 40.6 Å². The van der Waals surface area contributed by atoms with Gasteiger partial charge in [-0.25, -0.2) is 0 Å². The number of aryl methyl sites for hydroxylation is 2. The fourth-order valence-electron chi connectivity index (χ4n) is 2.62. The minimum Gasteiger partial charge on any atom is -0.287 e. The molecule has 25 heavy (non-hydrogen) atoms. The average molecular weight is 370 g/mol. The van der Waals surface area contributed by atoms with Crippen LogP contribution in [0.2, 0.25) is 0 Å². The second-order valence-electron chi connectivity index (χ2n) is 5.81. The Kier molecular flexibility index (Phi) is 4.83. The zero-order valence-electron chi connectivity index (χ0n) is 14.3. The monoisotopic (exact) mass is 370 g/mol. The average Bonchev–Trinajstić information content (AvgIpc) is 3.03. The Morgan fingerprint density at radius 1 is 1.08 bits per heavy atom. The quantitative estimate of drug-likeness (QED) is 0.469. The Bertz CT molecular complexity index is 881. The van der Waals surface area contributed by atoms with E-state index in [4.69, 9.17) is 12.2 Å². The molecular weight excluding hydrogens is 352 g/mol. The molecular formula is C19H18N2O2S2. The second kappa shape index (κ2) is 6.90. The van der Waals surface area contributed by atoms with Crippen LogP contribution in [0.15, 0.2) is 42.0 Å². The zero-order chi connectivity index (χ0) is 18.1. The molecule has 0 N–H and O–H groups in total. The molecule has 0 bridgehead atoms. The SMILES string of the molecule is CCc1ccc(N2C(=O)C(=Cc3ccc(C)s3)C(=O)N(C)C2=S)cc1. The molecule has 4 nitrogen and oxygen atoms in total. The first-order valence-corrected chi connectivity index (χ1v) is 9.18. The first-order valence-electron chi connectivity index (χ1n) is 7.96. The van der Waals surface area contributed by atoms with E-state index >= 15 is 0 Å². The molecule has 0 radical (unpaired) electrons. The summed E-state index contributed by atoms with van der Waals surface area (Å²) in [5, 5.41) is 0.193. The normalized spacial score (nSPS) is 16.9. The van der Waals surface area contributed by atoms with E-state index in [0.29, 0.717) is 5.69 Å². The smallest absolute Gasteiger partial charge is 0.270 e. The van der Waals surface area contributed by atoms with Gasteiger partial charge in [-0.05, 0) is 61.5 Å². The van der Waals surface area contributed by atoms with Crippen molar-refractivity contribution in [3.05, 3.63) is 57.3 Å². The highest BCUT2D eigenvalue weighted by molar-refractivity contribution is 7.80. The third-order valence-corrected chi connectivity index (χ3v) is 5.50. The number of carbonyl (C=O) groups excluding carboxylic acids is 2. The molecule has 2 heterocycles. The van der Waals surface area contributed by atoms with Gasteiger partial charge in [0, 0.05) is 16.8 Å². The zero-order valence-corrected chi connectivity index (χ0v) is 15.9. The molecule has 1 aromatic heterocycles. The van der Waals surface area contributed by atoms with Crippen molar-refractivity contribution in [1.29, 1.82) is 0 Å². The Balaban J connectivity index is 2.03. The van der Waals surface area contributed by atoms with Crippen molar-refractivity contribution in [3.63, 3.8) is 0 Å². The van der Waals surface area contributed by atoms with Gasteiger partial charge >= 0.3 is 0 Å². The van der Waals surface area contributed by atoms with Crippen LogP contribution < -0.4 is 4.90 Å². The molecule has 6 heteroatoms. The van der Waals surface area contributed by atoms with Crippen LogP contribution in [-0.4, -0.2) is 28.9 Å². The Morgan fingerprint density at radius 3 is 2.32 bits per heavy atom. The van der Waals surface area contributed by atoms with E-state index in [2.05, 4.69) is 6.92 Å². The van der Waals surface area contributed by atoms with Gasteiger partial charge in [-0.3, -0.25) is 19.4 Å². The Hall–Kier alpha value is -2.31. The number of carbonyl (C=O) groups is 2. The van der Waals surface area contributed by atoms with Crippen LogP contribution in [-0.2, 0) is 16.0 Å². The number of benzene rings is 1. The molecule has 0 spiro atoms. The van der Waals surface area contributed by atoms with Crippen LogP contribution in [0, 0.1) is 6.92 Å². The van der Waals surface area contributed by atoms with E-state index in [1.54, 1.807) is 13.1 Å². The summed E-state index contributed by atoms with van der Waals surface area (Å²) >= 11 is 6.89. The fourth-order valence-corrected chi connectivity index (χ4v) is 3.71. The molecule has 2 amide bonds. The maximum atomic E-state index is 13.0. The number of thiophene rings is 1. The number of nitrogens with zero attached hydrogens (tertiary/aromatic N) is 2. The number of anilines is 1. The lowest BCUT2D eigenvalue weighted by atomic mass is 10.1. The Labute approximate surface area is 156 Å². The lowest BCUT2D eigenvalue weighted by Crippen LogP contribution is -2.54. The van der Waals surface area contributed by atoms with Gasteiger partial charge in [-0.2, -0.15) is 0 Å². The van der Waals surface area contributed by atoms with Gasteiger partial charge in [0.05, 0.1) is 5.69 Å². The van der Waals surface area contributed by atoms with Crippen LogP contribution >= 0.6 is 23.6 Å². The van der Waals surface area contributed by atoms with Gasteiger partial charge < -0.3 is 0 Å². The summed E-state index contributed by atoms with van der Waals surface area (Å²) in [5.74, 6) is -0.758. The molecule has 128 valence electrons. The summed E-state index contributed by atoms with van der Waals surface area (Å²) in [4.78, 5) is 30.3. The van der Waals surface area contributed by atoms with Crippen molar-refractivity contribution in [1.82, 2.24) is 4.90 Å². The molecule has 1 aromatic carbocycles. The van der Waals surface area contributed by atoms with Crippen molar-refractivity contribution in [2.45, 2.75) is 20.3 Å². The number of thiocarbonyl (C=S) groups is 1. The first kappa shape index (κ1) is 17.5. The van der Waals surface area contributed by atoms with Gasteiger partial charge in [-0.1, -0.05) is 19.1 Å². The highest BCUT2D eigenvalue weighted by atomic mass is 32.1. The summed E-state index contributed by atoms with van der Waals surface area (Å²) in [5.41, 5.74) is 1.96. The van der Waals surface area contributed by atoms with E-state index in [1.165, 1.54) is 26.7 Å². The predicted octanol–water partition coefficient (Wildman–Crippen LogP) is 3.79. The van der Waals surface area contributed by atoms with E-state index < -0.39 is 0 Å². The molecule has 1 saturated heterocycles. The Morgan fingerprint density at radius 2 is 1.76 bits per heavy atom. The van der Waals surface area contributed by atoms with Crippen molar-refractivity contribution in [2.75, 3.05) is 11.9 Å². The maximum Gasteiger partial charge on any atom is 0.270 e. The summed E-state index contributed by atoms with van der Waals surface area (Å²) in [7, 11) is 1.60. The largest absolute Gasteiger partial charge is 0.287 e. The molecule has 0 saturated carbocycles. The van der Waals surface area contributed by atoms with E-state index in [0.717, 1.165) is 16.2 Å². The molecule has 0 atom stereocenters. The number of rotatable bonds is 3. The number of hydrogen-bond donors (Lipinski definition) is 0. The highest BCUT2D eigenvalue weighted by Crippen LogP contribution is 2.27. The van der Waals surface area contributed by atoms with E-state index in [9.17, 15) is 9.59 Å². The van der Waals surface area contributed by atoms with Gasteiger partial charge in [0.25, 0.3) is 11.8 Å². The van der Waals surface area contributed by atoms with E-state index in [-0.39, 0.29) is 22.5 Å². The van der Waals surface area contributed by atoms with Gasteiger partial charge in [0.15, 0.2) is 5.11 Å². The standard InChI is InChI=1S/C19H18N2O2S2/c1-4-13-6-8-14(9-7-13)21-18(23)16(17(22)20(3)19(21)24)11-15-10-5-12(2)25-15/h5-11H,4H2,1-3H3. The minimum absolute atomic E-state index is 0.123. The lowest BCUT2D eigenvalue weighted by Gasteiger charge is -2.34. The summed E-state index contributed by atoms with van der Waals surface area (Å²) in [6.45, 7) is 4.06. The molecule has 0 aliphatic carbocycles. The van der Waals surface area contributed by atoms with Crippen LogP contribution in [0.3, 0.4) is 0 Å². The summed E-state index contributed by atoms with van der Waals surface area (Å²) in [6, 6.07) is 11.5. The fraction of sp³-hybridized carbons (Fsp3) is 0.211. The molecule has 1 aliphatic heterocycles. The summed E-state index contributed by atoms with van der Waals surface area (Å²) < 4.78 is 0. The third-order valence-electron chi connectivity index (χ3n) is 4.10. The third kappa shape index (κ3) is 3.27. The van der Waals surface area contributed by atoms with Crippen molar-refractivity contribution < 1.29 is 9.59 Å². The van der Waals surface area contributed by atoms with Gasteiger partial charge in [0.1, 0.15) is 5.57 Å².